The molecule has 0 bridgehead atoms. The van der Waals surface area contributed by atoms with Gasteiger partial charge < -0.3 is 14.8 Å². The number of hydrogen-bond acceptors (Lipinski definition) is 4. The molecule has 1 aromatic heterocycles. The zero-order valence-corrected chi connectivity index (χ0v) is 13.3. The van der Waals surface area contributed by atoms with Crippen molar-refractivity contribution in [1.82, 2.24) is 15.1 Å². The van der Waals surface area contributed by atoms with Gasteiger partial charge in [-0.1, -0.05) is 13.8 Å². The Kier molecular flexibility index (Phi) is 8.49. The molecule has 116 valence electrons. The van der Waals surface area contributed by atoms with E-state index in [1.54, 1.807) is 0 Å². The summed E-state index contributed by atoms with van der Waals surface area (Å²) in [5, 5.41) is 7.91. The first-order valence-electron chi connectivity index (χ1n) is 7.75. The van der Waals surface area contributed by atoms with Crippen LogP contribution < -0.4 is 5.32 Å². The number of rotatable bonds is 11. The summed E-state index contributed by atoms with van der Waals surface area (Å²) in [4.78, 5) is 0. The van der Waals surface area contributed by atoms with E-state index in [0.29, 0.717) is 13.2 Å². The van der Waals surface area contributed by atoms with Crippen LogP contribution in [0.2, 0.25) is 0 Å². The summed E-state index contributed by atoms with van der Waals surface area (Å²) in [6, 6.07) is 0.0282. The standard InChI is InChI=1S/C15H29N3O2/c1-5-9-16-14(15(19-7-3)20-8-4)13-11-17-18(12-13)10-6-2/h11-12,14-16H,5-10H2,1-4H3. The Morgan fingerprint density at radius 1 is 1.15 bits per heavy atom. The van der Waals surface area contributed by atoms with E-state index < -0.39 is 0 Å². The molecule has 5 nitrogen and oxygen atoms in total. The van der Waals surface area contributed by atoms with Gasteiger partial charge in [-0.05, 0) is 33.2 Å². The Morgan fingerprint density at radius 2 is 1.85 bits per heavy atom. The number of hydrogen-bond donors (Lipinski definition) is 1. The second-order valence-corrected chi connectivity index (χ2v) is 4.75. The minimum Gasteiger partial charge on any atom is -0.351 e. The lowest BCUT2D eigenvalue weighted by atomic mass is 10.1. The molecule has 0 aliphatic rings. The van der Waals surface area contributed by atoms with Crippen LogP contribution in [0.1, 0.15) is 52.1 Å². The molecular formula is C15H29N3O2. The predicted octanol–water partition coefficient (Wildman–Crippen LogP) is 2.73. The molecule has 0 saturated heterocycles. The summed E-state index contributed by atoms with van der Waals surface area (Å²) in [7, 11) is 0. The Bertz CT molecular complexity index is 349. The zero-order chi connectivity index (χ0) is 14.8. The predicted molar refractivity (Wildman–Crippen MR) is 80.6 cm³/mol. The van der Waals surface area contributed by atoms with Crippen molar-refractivity contribution in [2.45, 2.75) is 59.4 Å². The second-order valence-electron chi connectivity index (χ2n) is 4.75. The summed E-state index contributed by atoms with van der Waals surface area (Å²) in [5.41, 5.74) is 1.12. The van der Waals surface area contributed by atoms with Crippen LogP contribution in [0, 0.1) is 0 Å². The molecule has 0 spiro atoms. The molecule has 0 amide bonds. The summed E-state index contributed by atoms with van der Waals surface area (Å²) in [6.45, 7) is 11.4. The van der Waals surface area contributed by atoms with E-state index in [1.807, 2.05) is 24.7 Å². The molecule has 1 unspecified atom stereocenters. The maximum atomic E-state index is 5.74. The molecule has 1 rings (SSSR count). The number of aryl methyl sites for hydroxylation is 1. The highest BCUT2D eigenvalue weighted by Crippen LogP contribution is 2.20. The summed E-state index contributed by atoms with van der Waals surface area (Å²) >= 11 is 0. The topological polar surface area (TPSA) is 48.3 Å². The molecule has 0 aliphatic carbocycles. The fourth-order valence-electron chi connectivity index (χ4n) is 2.13. The van der Waals surface area contributed by atoms with Crippen molar-refractivity contribution in [2.75, 3.05) is 19.8 Å². The second kappa shape index (κ2) is 9.91. The lowest BCUT2D eigenvalue weighted by Gasteiger charge is -2.27. The van der Waals surface area contributed by atoms with Crippen molar-refractivity contribution < 1.29 is 9.47 Å². The van der Waals surface area contributed by atoms with Crippen LogP contribution >= 0.6 is 0 Å². The monoisotopic (exact) mass is 283 g/mol. The molecule has 0 fully saturated rings. The first-order valence-corrected chi connectivity index (χ1v) is 7.75. The normalized spacial score (nSPS) is 13.1. The van der Waals surface area contributed by atoms with Crippen molar-refractivity contribution >= 4 is 0 Å². The molecule has 1 atom stereocenters. The van der Waals surface area contributed by atoms with Crippen LogP contribution in [0.3, 0.4) is 0 Å². The number of aromatic nitrogens is 2. The van der Waals surface area contributed by atoms with E-state index in [0.717, 1.165) is 31.5 Å². The van der Waals surface area contributed by atoms with Gasteiger partial charge in [0.05, 0.1) is 12.2 Å². The van der Waals surface area contributed by atoms with Crippen LogP contribution in [0.4, 0.5) is 0 Å². The number of nitrogens with zero attached hydrogens (tertiary/aromatic N) is 2. The van der Waals surface area contributed by atoms with Crippen LogP contribution in [-0.2, 0) is 16.0 Å². The molecule has 1 aromatic rings. The third kappa shape index (κ3) is 5.23. The minimum atomic E-state index is -0.268. The Balaban J connectivity index is 2.83. The van der Waals surface area contributed by atoms with Gasteiger partial charge in [-0.25, -0.2) is 0 Å². The molecule has 1 heterocycles. The average Bonchev–Trinajstić information content (AvgIpc) is 2.88. The fraction of sp³-hybridized carbons (Fsp3) is 0.800. The van der Waals surface area contributed by atoms with Crippen molar-refractivity contribution in [2.24, 2.45) is 0 Å². The third-order valence-corrected chi connectivity index (χ3v) is 3.01. The van der Waals surface area contributed by atoms with E-state index in [1.165, 1.54) is 0 Å². The highest BCUT2D eigenvalue weighted by molar-refractivity contribution is 5.11. The number of nitrogens with one attached hydrogen (secondary N) is 1. The van der Waals surface area contributed by atoms with Gasteiger partial charge in [-0.2, -0.15) is 5.10 Å². The Hall–Kier alpha value is -0.910. The van der Waals surface area contributed by atoms with Gasteiger partial charge in [0.1, 0.15) is 0 Å². The molecule has 0 aliphatic heterocycles. The van der Waals surface area contributed by atoms with Crippen molar-refractivity contribution in [3.05, 3.63) is 18.0 Å². The van der Waals surface area contributed by atoms with E-state index in [4.69, 9.17) is 9.47 Å². The Morgan fingerprint density at radius 3 is 2.40 bits per heavy atom. The average molecular weight is 283 g/mol. The number of ether oxygens (including phenoxy) is 2. The maximum absolute atomic E-state index is 5.74. The highest BCUT2D eigenvalue weighted by atomic mass is 16.7. The van der Waals surface area contributed by atoms with Gasteiger partial charge in [0.2, 0.25) is 0 Å². The minimum absolute atomic E-state index is 0.0282. The van der Waals surface area contributed by atoms with Crippen molar-refractivity contribution in [3.63, 3.8) is 0 Å². The quantitative estimate of drug-likeness (QED) is 0.634. The van der Waals surface area contributed by atoms with Gasteiger partial charge in [-0.3, -0.25) is 4.68 Å². The van der Waals surface area contributed by atoms with E-state index in [-0.39, 0.29) is 12.3 Å². The first kappa shape index (κ1) is 17.1. The van der Waals surface area contributed by atoms with Crippen LogP contribution in [0.15, 0.2) is 12.4 Å². The lowest BCUT2D eigenvalue weighted by molar-refractivity contribution is -0.155. The van der Waals surface area contributed by atoms with Crippen LogP contribution in [-0.4, -0.2) is 35.8 Å². The molecule has 0 aromatic carbocycles. The highest BCUT2D eigenvalue weighted by Gasteiger charge is 2.24. The largest absolute Gasteiger partial charge is 0.351 e. The van der Waals surface area contributed by atoms with Crippen molar-refractivity contribution in [1.29, 1.82) is 0 Å². The van der Waals surface area contributed by atoms with Crippen LogP contribution in [0.5, 0.6) is 0 Å². The summed E-state index contributed by atoms with van der Waals surface area (Å²) in [5.74, 6) is 0. The summed E-state index contributed by atoms with van der Waals surface area (Å²) in [6.07, 6.45) is 5.88. The molecule has 0 radical (unpaired) electrons. The first-order chi connectivity index (χ1) is 9.76. The maximum Gasteiger partial charge on any atom is 0.176 e. The lowest BCUT2D eigenvalue weighted by Crippen LogP contribution is -2.36. The molecule has 5 heteroatoms. The van der Waals surface area contributed by atoms with Gasteiger partial charge in [-0.15, -0.1) is 0 Å². The van der Waals surface area contributed by atoms with Crippen molar-refractivity contribution in [3.8, 4) is 0 Å². The van der Waals surface area contributed by atoms with E-state index >= 15 is 0 Å². The van der Waals surface area contributed by atoms with Crippen LogP contribution in [0.25, 0.3) is 0 Å². The van der Waals surface area contributed by atoms with Gasteiger partial charge in [0.15, 0.2) is 6.29 Å². The van der Waals surface area contributed by atoms with Gasteiger partial charge in [0.25, 0.3) is 0 Å². The molecule has 0 saturated carbocycles. The molecule has 20 heavy (non-hydrogen) atoms. The van der Waals surface area contributed by atoms with E-state index in [2.05, 4.69) is 30.5 Å². The Labute approximate surface area is 122 Å². The third-order valence-electron chi connectivity index (χ3n) is 3.01. The van der Waals surface area contributed by atoms with Gasteiger partial charge >= 0.3 is 0 Å². The smallest absolute Gasteiger partial charge is 0.176 e. The molecule has 1 N–H and O–H groups in total. The zero-order valence-electron chi connectivity index (χ0n) is 13.3. The molecular weight excluding hydrogens is 254 g/mol. The van der Waals surface area contributed by atoms with Gasteiger partial charge in [0, 0.05) is 31.5 Å². The summed E-state index contributed by atoms with van der Waals surface area (Å²) < 4.78 is 13.5. The SMILES string of the molecule is CCCNC(c1cnn(CCC)c1)C(OCC)OCC. The van der Waals surface area contributed by atoms with E-state index in [9.17, 15) is 0 Å². The fourth-order valence-corrected chi connectivity index (χ4v) is 2.13.